The minimum atomic E-state index is -4.61. The van der Waals surface area contributed by atoms with Crippen molar-refractivity contribution in [2.75, 3.05) is 19.0 Å². The van der Waals surface area contributed by atoms with Crippen molar-refractivity contribution < 1.29 is 56.8 Å². The van der Waals surface area contributed by atoms with Gasteiger partial charge < -0.3 is 34.3 Å². The van der Waals surface area contributed by atoms with Gasteiger partial charge >= 0.3 is 11.9 Å². The molecule has 370 valence electrons. The summed E-state index contributed by atoms with van der Waals surface area (Å²) >= 11 is 0. The summed E-state index contributed by atoms with van der Waals surface area (Å²) in [6.45, 7) is 3.64. The summed E-state index contributed by atoms with van der Waals surface area (Å²) in [7, 11) is -4.61. The van der Waals surface area contributed by atoms with Crippen molar-refractivity contribution in [3.8, 4) is 0 Å². The number of rotatable bonds is 41. The Morgan fingerprint density at radius 1 is 0.547 bits per heavy atom. The van der Waals surface area contributed by atoms with Crippen LogP contribution in [0, 0.1) is 0 Å². The van der Waals surface area contributed by atoms with E-state index in [1.54, 1.807) is 0 Å². The van der Waals surface area contributed by atoms with Crippen LogP contribution in [0.5, 0.6) is 0 Å². The summed E-state index contributed by atoms with van der Waals surface area (Å²) in [5, 5.41) is 31.0. The lowest BCUT2D eigenvalue weighted by Crippen LogP contribution is -2.60. The third kappa shape index (κ3) is 34.7. The van der Waals surface area contributed by atoms with Gasteiger partial charge in [0.2, 0.25) is 0 Å². The standard InChI is InChI=1S/C51H88O12S/c1-3-5-7-9-11-13-15-17-19-21-22-24-26-28-30-32-34-36-38-40-47(53)62-44(42-61-51-50(56)49(55)48(54)45(63-51)43-64(57,58)59)41-60-46(52)39-37-35-33-31-29-27-25-23-20-18-16-14-12-10-8-6-4-2/h5,7,11,13,17-20,22,24,44-45,48-51,54-56H,3-4,6,8-10,12,14-16,21,23,25-43H2,1-2H3,(H,57,58,59)/b7-5-,13-11-,19-17-,20-18-,24-22-. The Hall–Kier alpha value is -2.65. The number of carbonyl (C=O) groups is 2. The Bertz CT molecular complexity index is 1410. The number of hydrogen-bond acceptors (Lipinski definition) is 11. The highest BCUT2D eigenvalue weighted by atomic mass is 32.2. The van der Waals surface area contributed by atoms with Gasteiger partial charge in [0, 0.05) is 12.8 Å². The van der Waals surface area contributed by atoms with E-state index in [1.165, 1.54) is 64.2 Å². The SMILES string of the molecule is CC/C=C\C/C=C\C/C=C\C/C=C\CCCCCCCCC(=O)OC(COC(=O)CCCCCCCCC/C=C\CCCCCCCC)COC1OC(CS(=O)(=O)O)C(O)C(O)C1O. The molecular weight excluding hydrogens is 837 g/mol. The molecule has 64 heavy (non-hydrogen) atoms. The number of hydrogen-bond donors (Lipinski definition) is 4. The van der Waals surface area contributed by atoms with Crippen LogP contribution in [-0.2, 0) is 38.7 Å². The summed E-state index contributed by atoms with van der Waals surface area (Å²) in [6.07, 6.45) is 41.1. The van der Waals surface area contributed by atoms with E-state index in [4.69, 9.17) is 18.9 Å². The lowest BCUT2D eigenvalue weighted by Gasteiger charge is -2.40. The second-order valence-corrected chi connectivity index (χ2v) is 18.6. The van der Waals surface area contributed by atoms with Crippen LogP contribution < -0.4 is 0 Å². The predicted molar refractivity (Wildman–Crippen MR) is 256 cm³/mol. The van der Waals surface area contributed by atoms with Gasteiger partial charge in [-0.15, -0.1) is 0 Å². The van der Waals surface area contributed by atoms with Crippen molar-refractivity contribution in [2.45, 2.75) is 230 Å². The van der Waals surface area contributed by atoms with E-state index >= 15 is 0 Å². The third-order valence-corrected chi connectivity index (χ3v) is 11.8. The zero-order chi connectivity index (χ0) is 46.9. The molecule has 0 saturated carbocycles. The van der Waals surface area contributed by atoms with E-state index < -0.39 is 71.2 Å². The molecule has 13 heteroatoms. The zero-order valence-corrected chi connectivity index (χ0v) is 40.4. The van der Waals surface area contributed by atoms with Gasteiger partial charge in [-0.25, -0.2) is 0 Å². The number of carbonyl (C=O) groups excluding carboxylic acids is 2. The molecule has 0 aliphatic carbocycles. The van der Waals surface area contributed by atoms with Gasteiger partial charge in [-0.1, -0.05) is 164 Å². The molecule has 1 saturated heterocycles. The minimum Gasteiger partial charge on any atom is -0.462 e. The molecule has 0 aromatic rings. The molecule has 1 aliphatic rings. The summed E-state index contributed by atoms with van der Waals surface area (Å²) in [6, 6.07) is 0. The molecule has 1 aliphatic heterocycles. The first-order valence-electron chi connectivity index (χ1n) is 24.8. The number of ether oxygens (including phenoxy) is 4. The van der Waals surface area contributed by atoms with Crippen molar-refractivity contribution in [1.29, 1.82) is 0 Å². The van der Waals surface area contributed by atoms with Gasteiger partial charge in [0.15, 0.2) is 12.4 Å². The van der Waals surface area contributed by atoms with Crippen molar-refractivity contribution in [2.24, 2.45) is 0 Å². The monoisotopic (exact) mass is 925 g/mol. The normalized spacial score (nSPS) is 20.1. The van der Waals surface area contributed by atoms with Gasteiger partial charge in [-0.3, -0.25) is 14.1 Å². The van der Waals surface area contributed by atoms with E-state index in [0.29, 0.717) is 12.8 Å². The molecule has 1 rings (SSSR count). The van der Waals surface area contributed by atoms with Gasteiger partial charge in [0.25, 0.3) is 10.1 Å². The Balaban J connectivity index is 2.41. The Kier molecular flexibility index (Phi) is 37.7. The highest BCUT2D eigenvalue weighted by molar-refractivity contribution is 7.85. The van der Waals surface area contributed by atoms with Crippen molar-refractivity contribution in [3.63, 3.8) is 0 Å². The first-order valence-corrected chi connectivity index (χ1v) is 26.5. The highest BCUT2D eigenvalue weighted by Gasteiger charge is 2.46. The number of esters is 2. The average molecular weight is 925 g/mol. The van der Waals surface area contributed by atoms with Crippen molar-refractivity contribution in [1.82, 2.24) is 0 Å². The van der Waals surface area contributed by atoms with Crippen LogP contribution in [0.3, 0.4) is 0 Å². The van der Waals surface area contributed by atoms with Crippen molar-refractivity contribution in [3.05, 3.63) is 60.8 Å². The van der Waals surface area contributed by atoms with Crippen LogP contribution in [0.25, 0.3) is 0 Å². The van der Waals surface area contributed by atoms with Crippen LogP contribution in [0.2, 0.25) is 0 Å². The maximum atomic E-state index is 12.9. The lowest BCUT2D eigenvalue weighted by molar-refractivity contribution is -0.297. The second-order valence-electron chi connectivity index (χ2n) is 17.1. The summed E-state index contributed by atoms with van der Waals surface area (Å²) in [4.78, 5) is 25.5. The van der Waals surface area contributed by atoms with Crippen molar-refractivity contribution >= 4 is 22.1 Å². The fourth-order valence-electron chi connectivity index (χ4n) is 7.25. The molecule has 0 radical (unpaired) electrons. The van der Waals surface area contributed by atoms with Gasteiger partial charge in [0.05, 0.1) is 6.61 Å². The molecule has 0 bridgehead atoms. The smallest absolute Gasteiger partial charge is 0.306 e. The van der Waals surface area contributed by atoms with Crippen LogP contribution >= 0.6 is 0 Å². The summed E-state index contributed by atoms with van der Waals surface area (Å²) in [5.74, 6) is -2.01. The van der Waals surface area contributed by atoms with E-state index in [0.717, 1.165) is 89.9 Å². The molecule has 4 N–H and O–H groups in total. The van der Waals surface area contributed by atoms with E-state index in [-0.39, 0.29) is 19.4 Å². The fourth-order valence-corrected chi connectivity index (χ4v) is 7.94. The van der Waals surface area contributed by atoms with E-state index in [9.17, 15) is 37.9 Å². The van der Waals surface area contributed by atoms with Crippen LogP contribution in [0.4, 0.5) is 0 Å². The van der Waals surface area contributed by atoms with E-state index in [1.807, 2.05) is 0 Å². The van der Waals surface area contributed by atoms with Crippen LogP contribution in [0.15, 0.2) is 60.8 Å². The lowest BCUT2D eigenvalue weighted by atomic mass is 10.00. The molecule has 0 aromatic heterocycles. The molecule has 6 atom stereocenters. The Labute approximate surface area is 387 Å². The first-order chi connectivity index (χ1) is 31.0. The van der Waals surface area contributed by atoms with Crippen LogP contribution in [0.1, 0.15) is 194 Å². The van der Waals surface area contributed by atoms with Gasteiger partial charge in [0.1, 0.15) is 36.8 Å². The predicted octanol–water partition coefficient (Wildman–Crippen LogP) is 10.9. The summed E-state index contributed by atoms with van der Waals surface area (Å²) < 4.78 is 54.2. The molecule has 1 fully saturated rings. The average Bonchev–Trinajstić information content (AvgIpc) is 3.26. The maximum absolute atomic E-state index is 12.9. The topological polar surface area (TPSA) is 186 Å². The zero-order valence-electron chi connectivity index (χ0n) is 39.6. The maximum Gasteiger partial charge on any atom is 0.306 e. The molecule has 0 amide bonds. The number of allylic oxidation sites excluding steroid dienone is 10. The Morgan fingerprint density at radius 3 is 1.48 bits per heavy atom. The number of unbranched alkanes of at least 4 members (excludes halogenated alkanes) is 19. The molecule has 6 unspecified atom stereocenters. The van der Waals surface area contributed by atoms with E-state index in [2.05, 4.69) is 74.6 Å². The largest absolute Gasteiger partial charge is 0.462 e. The summed E-state index contributed by atoms with van der Waals surface area (Å²) in [5.41, 5.74) is 0. The highest BCUT2D eigenvalue weighted by Crippen LogP contribution is 2.24. The molecule has 12 nitrogen and oxygen atoms in total. The van der Waals surface area contributed by atoms with Gasteiger partial charge in [-0.2, -0.15) is 8.42 Å². The first kappa shape index (κ1) is 59.4. The fraction of sp³-hybridized carbons (Fsp3) is 0.765. The second kappa shape index (κ2) is 40.6. The molecule has 0 spiro atoms. The Morgan fingerprint density at radius 2 is 0.984 bits per heavy atom. The molecule has 0 aromatic carbocycles. The number of aliphatic hydroxyl groups is 3. The number of aliphatic hydroxyl groups excluding tert-OH is 3. The third-order valence-electron chi connectivity index (χ3n) is 11.1. The van der Waals surface area contributed by atoms with Crippen LogP contribution in [-0.4, -0.2) is 96.0 Å². The van der Waals surface area contributed by atoms with Gasteiger partial charge in [-0.05, 0) is 77.0 Å². The molecule has 1 heterocycles. The minimum absolute atomic E-state index is 0.145. The molecular formula is C51H88O12S. The quantitative estimate of drug-likeness (QED) is 0.0197.